The van der Waals surface area contributed by atoms with Gasteiger partial charge in [0.15, 0.2) is 5.54 Å². The molecular formula is C10H9N3O3. The number of phenolic OH excluding ortho intramolecular Hbond substituents is 1. The van der Waals surface area contributed by atoms with E-state index in [1.807, 2.05) is 0 Å². The summed E-state index contributed by atoms with van der Waals surface area (Å²) < 4.78 is 5.40. The quantitative estimate of drug-likeness (QED) is 0.574. The summed E-state index contributed by atoms with van der Waals surface area (Å²) in [6.07, 6.45) is 0. The highest BCUT2D eigenvalue weighted by Gasteiger charge is 2.49. The number of phenols is 1. The van der Waals surface area contributed by atoms with E-state index in [9.17, 15) is 9.90 Å². The highest BCUT2D eigenvalue weighted by Crippen LogP contribution is 2.40. The zero-order valence-electron chi connectivity index (χ0n) is 8.23. The van der Waals surface area contributed by atoms with Crippen LogP contribution in [0.1, 0.15) is 5.56 Å². The molecule has 0 radical (unpaired) electrons. The molecule has 3 rings (SSSR count). The lowest BCUT2D eigenvalue weighted by atomic mass is 9.91. The molecule has 0 saturated carbocycles. The molecule has 0 bridgehead atoms. The van der Waals surface area contributed by atoms with Crippen molar-refractivity contribution in [2.45, 2.75) is 5.54 Å². The zero-order valence-corrected chi connectivity index (χ0v) is 8.23. The molecule has 4 N–H and O–H groups in total. The van der Waals surface area contributed by atoms with Gasteiger partial charge in [-0.1, -0.05) is 0 Å². The molecule has 1 aromatic carbocycles. The van der Waals surface area contributed by atoms with Crippen LogP contribution in [0.2, 0.25) is 0 Å². The average molecular weight is 219 g/mol. The second-order valence-electron chi connectivity index (χ2n) is 3.80. The van der Waals surface area contributed by atoms with Gasteiger partial charge in [0.05, 0.1) is 0 Å². The minimum Gasteiger partial charge on any atom is -0.508 e. The highest BCUT2D eigenvalue weighted by molar-refractivity contribution is 6.07. The molecule has 1 aromatic rings. The Balaban J connectivity index is 2.17. The lowest BCUT2D eigenvalue weighted by Gasteiger charge is -2.21. The Morgan fingerprint density at radius 3 is 3.06 bits per heavy atom. The van der Waals surface area contributed by atoms with Gasteiger partial charge in [-0.15, -0.1) is 0 Å². The van der Waals surface area contributed by atoms with Crippen molar-refractivity contribution in [3.05, 3.63) is 23.8 Å². The van der Waals surface area contributed by atoms with Crippen LogP contribution in [0.3, 0.4) is 0 Å². The van der Waals surface area contributed by atoms with Gasteiger partial charge >= 0.3 is 6.03 Å². The van der Waals surface area contributed by atoms with Crippen molar-refractivity contribution in [2.75, 3.05) is 6.61 Å². The lowest BCUT2D eigenvalue weighted by Crippen LogP contribution is -2.50. The van der Waals surface area contributed by atoms with Gasteiger partial charge in [-0.25, -0.2) is 4.79 Å². The Kier molecular flexibility index (Phi) is 1.50. The van der Waals surface area contributed by atoms with Crippen molar-refractivity contribution >= 4 is 11.9 Å². The number of rotatable bonds is 0. The smallest absolute Gasteiger partial charge is 0.343 e. The van der Waals surface area contributed by atoms with E-state index in [1.54, 1.807) is 6.07 Å². The first kappa shape index (κ1) is 9.02. The third-order valence-electron chi connectivity index (χ3n) is 2.85. The fourth-order valence-corrected chi connectivity index (χ4v) is 2.04. The SMILES string of the molecule is NC1=NC(=O)NC12COc1cc(O)ccc12. The first-order valence-corrected chi connectivity index (χ1v) is 4.75. The second kappa shape index (κ2) is 2.66. The maximum atomic E-state index is 11.2. The molecule has 6 nitrogen and oxygen atoms in total. The molecule has 2 aliphatic heterocycles. The summed E-state index contributed by atoms with van der Waals surface area (Å²) in [7, 11) is 0. The van der Waals surface area contributed by atoms with Crippen LogP contribution < -0.4 is 15.8 Å². The average Bonchev–Trinajstić information content (AvgIpc) is 2.70. The minimum absolute atomic E-state index is 0.107. The van der Waals surface area contributed by atoms with Gasteiger partial charge in [-0.2, -0.15) is 4.99 Å². The predicted octanol–water partition coefficient (Wildman–Crippen LogP) is 0.0603. The number of hydrogen-bond donors (Lipinski definition) is 3. The molecule has 1 spiro atoms. The molecule has 6 heteroatoms. The molecule has 0 aromatic heterocycles. The summed E-state index contributed by atoms with van der Waals surface area (Å²) in [4.78, 5) is 14.9. The first-order valence-electron chi connectivity index (χ1n) is 4.75. The van der Waals surface area contributed by atoms with Crippen LogP contribution in [0, 0.1) is 0 Å². The number of aliphatic imine (C=N–C) groups is 1. The second-order valence-corrected chi connectivity index (χ2v) is 3.80. The third-order valence-corrected chi connectivity index (χ3v) is 2.85. The fourth-order valence-electron chi connectivity index (χ4n) is 2.04. The molecule has 82 valence electrons. The summed E-state index contributed by atoms with van der Waals surface area (Å²) in [6, 6.07) is 4.21. The monoisotopic (exact) mass is 219 g/mol. The Morgan fingerprint density at radius 1 is 1.56 bits per heavy atom. The molecule has 0 saturated heterocycles. The number of amidine groups is 1. The Bertz CT molecular complexity index is 526. The van der Waals surface area contributed by atoms with Crippen molar-refractivity contribution in [3.63, 3.8) is 0 Å². The summed E-state index contributed by atoms with van der Waals surface area (Å²) >= 11 is 0. The van der Waals surface area contributed by atoms with Crippen LogP contribution in [0.4, 0.5) is 4.79 Å². The molecule has 2 amide bonds. The lowest BCUT2D eigenvalue weighted by molar-refractivity contribution is 0.238. The van der Waals surface area contributed by atoms with Crippen molar-refractivity contribution in [2.24, 2.45) is 10.7 Å². The van der Waals surface area contributed by atoms with Gasteiger partial charge in [0, 0.05) is 11.6 Å². The van der Waals surface area contributed by atoms with Gasteiger partial charge in [-0.3, -0.25) is 0 Å². The van der Waals surface area contributed by atoms with E-state index >= 15 is 0 Å². The molecule has 16 heavy (non-hydrogen) atoms. The number of carbonyl (C=O) groups excluding carboxylic acids is 1. The first-order chi connectivity index (χ1) is 7.62. The van der Waals surface area contributed by atoms with E-state index in [2.05, 4.69) is 10.3 Å². The van der Waals surface area contributed by atoms with Crippen LogP contribution in [0.15, 0.2) is 23.2 Å². The van der Waals surface area contributed by atoms with Gasteiger partial charge in [0.25, 0.3) is 0 Å². The minimum atomic E-state index is -0.861. The number of carbonyl (C=O) groups is 1. The third kappa shape index (κ3) is 0.955. The summed E-state index contributed by atoms with van der Waals surface area (Å²) in [5.74, 6) is 0.818. The molecule has 2 aliphatic rings. The van der Waals surface area contributed by atoms with Crippen LogP contribution in [0.5, 0.6) is 11.5 Å². The molecule has 2 heterocycles. The van der Waals surface area contributed by atoms with Crippen LogP contribution >= 0.6 is 0 Å². The zero-order chi connectivity index (χ0) is 11.3. The van der Waals surface area contributed by atoms with Gasteiger partial charge < -0.3 is 20.9 Å². The Morgan fingerprint density at radius 2 is 2.38 bits per heavy atom. The van der Waals surface area contributed by atoms with Crippen LogP contribution in [-0.4, -0.2) is 23.6 Å². The highest BCUT2D eigenvalue weighted by atomic mass is 16.5. The number of benzene rings is 1. The number of nitrogens with two attached hydrogens (primary N) is 1. The standard InChI is InChI=1S/C10H9N3O3/c11-8-10(13-9(15)12-8)4-16-7-3-5(14)1-2-6(7)10/h1-3,14H,4H2,(H3,11,12,13,15). The molecular weight excluding hydrogens is 210 g/mol. The number of nitrogens with one attached hydrogen (secondary N) is 1. The van der Waals surface area contributed by atoms with E-state index in [0.717, 1.165) is 5.56 Å². The van der Waals surface area contributed by atoms with E-state index in [4.69, 9.17) is 10.5 Å². The number of amides is 2. The van der Waals surface area contributed by atoms with E-state index < -0.39 is 11.6 Å². The molecule has 1 unspecified atom stereocenters. The summed E-state index contributed by atoms with van der Waals surface area (Å²) in [6.45, 7) is 0.201. The van der Waals surface area contributed by atoms with Crippen molar-refractivity contribution < 1.29 is 14.6 Å². The van der Waals surface area contributed by atoms with E-state index in [1.165, 1.54) is 12.1 Å². The van der Waals surface area contributed by atoms with Crippen LogP contribution in [-0.2, 0) is 5.54 Å². The number of urea groups is 1. The summed E-state index contributed by atoms with van der Waals surface area (Å²) in [5.41, 5.74) is 5.60. The van der Waals surface area contributed by atoms with Crippen molar-refractivity contribution in [1.82, 2.24) is 5.32 Å². The van der Waals surface area contributed by atoms with Crippen LogP contribution in [0.25, 0.3) is 0 Å². The number of hydrogen-bond acceptors (Lipinski definition) is 4. The molecule has 0 fully saturated rings. The topological polar surface area (TPSA) is 96.9 Å². The van der Waals surface area contributed by atoms with Gasteiger partial charge in [0.1, 0.15) is 23.9 Å². The molecule has 1 atom stereocenters. The van der Waals surface area contributed by atoms with Crippen molar-refractivity contribution in [1.29, 1.82) is 0 Å². The largest absolute Gasteiger partial charge is 0.508 e. The maximum Gasteiger partial charge on any atom is 0.343 e. The number of aromatic hydroxyl groups is 1. The Hall–Kier alpha value is -2.24. The predicted molar refractivity (Wildman–Crippen MR) is 55.4 cm³/mol. The number of nitrogens with zero attached hydrogens (tertiary/aromatic N) is 1. The number of ether oxygens (including phenoxy) is 1. The van der Waals surface area contributed by atoms with E-state index in [0.29, 0.717) is 5.75 Å². The maximum absolute atomic E-state index is 11.2. The van der Waals surface area contributed by atoms with Crippen molar-refractivity contribution in [3.8, 4) is 11.5 Å². The fraction of sp³-hybridized carbons (Fsp3) is 0.200. The summed E-state index contributed by atoms with van der Waals surface area (Å²) in [5, 5.41) is 12.0. The van der Waals surface area contributed by atoms with E-state index in [-0.39, 0.29) is 18.2 Å². The van der Waals surface area contributed by atoms with Gasteiger partial charge in [-0.05, 0) is 12.1 Å². The Labute approximate surface area is 90.7 Å². The normalized spacial score (nSPS) is 26.2. The molecule has 0 aliphatic carbocycles. The number of fused-ring (bicyclic) bond motifs is 2. The van der Waals surface area contributed by atoms with Gasteiger partial charge in [0.2, 0.25) is 0 Å².